The Bertz CT molecular complexity index is 524. The Labute approximate surface area is 92.5 Å². The van der Waals surface area contributed by atoms with Crippen LogP contribution in [0.1, 0.15) is 5.56 Å². The van der Waals surface area contributed by atoms with Crippen LogP contribution in [0.4, 0.5) is 11.4 Å². The third-order valence-corrected chi connectivity index (χ3v) is 2.34. The third-order valence-electron chi connectivity index (χ3n) is 2.34. The first kappa shape index (κ1) is 10.0. The van der Waals surface area contributed by atoms with Crippen molar-refractivity contribution in [1.82, 2.24) is 0 Å². The van der Waals surface area contributed by atoms with Crippen molar-refractivity contribution >= 4 is 17.3 Å². The highest BCUT2D eigenvalue weighted by Gasteiger charge is 2.21. The van der Waals surface area contributed by atoms with Crippen molar-refractivity contribution in [2.75, 3.05) is 23.3 Å². The topological polar surface area (TPSA) is 79.9 Å². The van der Waals surface area contributed by atoms with Crippen LogP contribution in [0.2, 0.25) is 0 Å². The molecule has 1 aliphatic heterocycles. The fourth-order valence-electron chi connectivity index (χ4n) is 1.66. The van der Waals surface area contributed by atoms with E-state index in [1.165, 1.54) is 0 Å². The maximum absolute atomic E-state index is 11.4. The SMILES string of the molecule is N#CCN1CC(=O)Nc2cc(C#N)ccc21. The molecule has 5 heteroatoms. The standard InChI is InChI=1S/C11H8N4O/c12-3-4-15-7-11(16)14-9-5-8(6-13)1-2-10(9)15/h1-2,5H,4,7H2,(H,14,16). The van der Waals surface area contributed by atoms with E-state index in [9.17, 15) is 4.79 Å². The van der Waals surface area contributed by atoms with Gasteiger partial charge < -0.3 is 10.2 Å². The van der Waals surface area contributed by atoms with E-state index >= 15 is 0 Å². The van der Waals surface area contributed by atoms with Gasteiger partial charge in [-0.3, -0.25) is 4.79 Å². The van der Waals surface area contributed by atoms with E-state index in [0.29, 0.717) is 11.3 Å². The number of carbonyl (C=O) groups is 1. The smallest absolute Gasteiger partial charge is 0.243 e. The highest BCUT2D eigenvalue weighted by molar-refractivity contribution is 6.01. The summed E-state index contributed by atoms with van der Waals surface area (Å²) in [5.41, 5.74) is 1.85. The minimum absolute atomic E-state index is 0.159. The number of nitrogens with zero attached hydrogens (tertiary/aromatic N) is 3. The van der Waals surface area contributed by atoms with Gasteiger partial charge in [-0.25, -0.2) is 0 Å². The molecule has 5 nitrogen and oxygen atoms in total. The number of nitriles is 2. The van der Waals surface area contributed by atoms with Crippen LogP contribution in [0.15, 0.2) is 18.2 Å². The van der Waals surface area contributed by atoms with Crippen LogP contribution in [0.3, 0.4) is 0 Å². The molecule has 0 saturated carbocycles. The number of rotatable bonds is 1. The van der Waals surface area contributed by atoms with Gasteiger partial charge in [0.15, 0.2) is 0 Å². The van der Waals surface area contributed by atoms with E-state index in [-0.39, 0.29) is 19.0 Å². The highest BCUT2D eigenvalue weighted by Crippen LogP contribution is 2.29. The van der Waals surface area contributed by atoms with Gasteiger partial charge in [-0.2, -0.15) is 10.5 Å². The molecule has 1 heterocycles. The molecule has 0 fully saturated rings. The summed E-state index contributed by atoms with van der Waals surface area (Å²) in [6.07, 6.45) is 0. The first-order chi connectivity index (χ1) is 7.74. The summed E-state index contributed by atoms with van der Waals surface area (Å²) in [6.45, 7) is 0.332. The predicted molar refractivity (Wildman–Crippen MR) is 57.6 cm³/mol. The number of anilines is 2. The first-order valence-electron chi connectivity index (χ1n) is 4.70. The minimum Gasteiger partial charge on any atom is -0.347 e. The quantitative estimate of drug-likeness (QED) is 0.699. The number of benzene rings is 1. The normalized spacial score (nSPS) is 13.4. The molecule has 0 saturated heterocycles. The molecular weight excluding hydrogens is 204 g/mol. The van der Waals surface area contributed by atoms with Crippen LogP contribution < -0.4 is 10.2 Å². The Kier molecular flexibility index (Phi) is 2.45. The first-order valence-corrected chi connectivity index (χ1v) is 4.70. The molecule has 1 N–H and O–H groups in total. The van der Waals surface area contributed by atoms with E-state index in [1.54, 1.807) is 23.1 Å². The monoisotopic (exact) mass is 212 g/mol. The average molecular weight is 212 g/mol. The van der Waals surface area contributed by atoms with E-state index < -0.39 is 0 Å². The Morgan fingerprint density at radius 2 is 2.25 bits per heavy atom. The molecule has 1 aliphatic rings. The molecule has 0 aromatic heterocycles. The van der Waals surface area contributed by atoms with Crippen molar-refractivity contribution in [2.45, 2.75) is 0 Å². The van der Waals surface area contributed by atoms with E-state index in [0.717, 1.165) is 5.69 Å². The van der Waals surface area contributed by atoms with Gasteiger partial charge in [-0.1, -0.05) is 0 Å². The maximum atomic E-state index is 11.4. The van der Waals surface area contributed by atoms with Crippen molar-refractivity contribution in [1.29, 1.82) is 10.5 Å². The molecule has 78 valence electrons. The molecule has 1 aromatic rings. The van der Waals surface area contributed by atoms with Crippen LogP contribution in [0, 0.1) is 22.7 Å². The lowest BCUT2D eigenvalue weighted by molar-refractivity contribution is -0.115. The van der Waals surface area contributed by atoms with Gasteiger partial charge in [-0.05, 0) is 18.2 Å². The largest absolute Gasteiger partial charge is 0.347 e. The fraction of sp³-hybridized carbons (Fsp3) is 0.182. The number of nitrogens with one attached hydrogen (secondary N) is 1. The molecule has 0 bridgehead atoms. The molecule has 0 radical (unpaired) electrons. The van der Waals surface area contributed by atoms with Gasteiger partial charge >= 0.3 is 0 Å². The van der Waals surface area contributed by atoms with Crippen LogP contribution in [0.25, 0.3) is 0 Å². The molecule has 1 aromatic carbocycles. The van der Waals surface area contributed by atoms with Crippen molar-refractivity contribution < 1.29 is 4.79 Å². The summed E-state index contributed by atoms with van der Waals surface area (Å²) in [7, 11) is 0. The molecule has 0 aliphatic carbocycles. The number of hydrogen-bond acceptors (Lipinski definition) is 4. The van der Waals surface area contributed by atoms with Crippen molar-refractivity contribution in [3.8, 4) is 12.1 Å². The Morgan fingerprint density at radius 3 is 2.94 bits per heavy atom. The molecule has 0 atom stereocenters. The van der Waals surface area contributed by atoms with Crippen molar-refractivity contribution in [3.63, 3.8) is 0 Å². The molecule has 0 spiro atoms. The lowest BCUT2D eigenvalue weighted by Gasteiger charge is -2.28. The second kappa shape index (κ2) is 3.92. The number of amides is 1. The number of carbonyl (C=O) groups excluding carboxylic acids is 1. The predicted octanol–water partition coefficient (Wildman–Crippen LogP) is 0.840. The number of fused-ring (bicyclic) bond motifs is 1. The zero-order chi connectivity index (χ0) is 11.5. The molecule has 16 heavy (non-hydrogen) atoms. The molecule has 1 amide bonds. The lowest BCUT2D eigenvalue weighted by atomic mass is 10.1. The summed E-state index contributed by atoms with van der Waals surface area (Å²) >= 11 is 0. The van der Waals surface area contributed by atoms with Gasteiger partial charge in [0, 0.05) is 0 Å². The summed E-state index contributed by atoms with van der Waals surface area (Å²) in [5.74, 6) is -0.169. The molecular formula is C11H8N4O. The van der Waals surface area contributed by atoms with E-state index in [1.807, 2.05) is 12.1 Å². The van der Waals surface area contributed by atoms with Gasteiger partial charge in [0.1, 0.15) is 6.54 Å². The van der Waals surface area contributed by atoms with Crippen LogP contribution in [-0.2, 0) is 4.79 Å². The second-order valence-corrected chi connectivity index (χ2v) is 3.41. The maximum Gasteiger partial charge on any atom is 0.243 e. The van der Waals surface area contributed by atoms with Gasteiger partial charge in [-0.15, -0.1) is 0 Å². The average Bonchev–Trinajstić information content (AvgIpc) is 2.28. The van der Waals surface area contributed by atoms with Crippen molar-refractivity contribution in [3.05, 3.63) is 23.8 Å². The van der Waals surface area contributed by atoms with E-state index in [2.05, 4.69) is 5.32 Å². The van der Waals surface area contributed by atoms with Gasteiger partial charge in [0.25, 0.3) is 0 Å². The zero-order valence-corrected chi connectivity index (χ0v) is 8.40. The summed E-state index contributed by atoms with van der Waals surface area (Å²) < 4.78 is 0. The minimum atomic E-state index is -0.169. The van der Waals surface area contributed by atoms with Gasteiger partial charge in [0.05, 0.1) is 35.6 Å². The summed E-state index contributed by atoms with van der Waals surface area (Å²) in [6, 6.07) is 9.03. The lowest BCUT2D eigenvalue weighted by Crippen LogP contribution is -2.38. The van der Waals surface area contributed by atoms with Crippen LogP contribution in [0.5, 0.6) is 0 Å². The summed E-state index contributed by atoms with van der Waals surface area (Å²) in [5, 5.41) is 20.1. The fourth-order valence-corrected chi connectivity index (χ4v) is 1.66. The Balaban J connectivity index is 2.45. The Hall–Kier alpha value is -2.53. The Morgan fingerprint density at radius 1 is 1.44 bits per heavy atom. The van der Waals surface area contributed by atoms with E-state index in [4.69, 9.17) is 10.5 Å². The summed E-state index contributed by atoms with van der Waals surface area (Å²) in [4.78, 5) is 13.0. The van der Waals surface area contributed by atoms with Crippen LogP contribution in [-0.4, -0.2) is 19.0 Å². The number of hydrogen-bond donors (Lipinski definition) is 1. The highest BCUT2D eigenvalue weighted by atomic mass is 16.2. The molecule has 2 rings (SSSR count). The zero-order valence-electron chi connectivity index (χ0n) is 8.40. The molecule has 0 unspecified atom stereocenters. The van der Waals surface area contributed by atoms with Gasteiger partial charge in [0.2, 0.25) is 5.91 Å². The third kappa shape index (κ3) is 1.67. The van der Waals surface area contributed by atoms with Crippen molar-refractivity contribution in [2.24, 2.45) is 0 Å². The van der Waals surface area contributed by atoms with Crippen LogP contribution >= 0.6 is 0 Å². The second-order valence-electron chi connectivity index (χ2n) is 3.41.